The van der Waals surface area contributed by atoms with Crippen LogP contribution in [0.1, 0.15) is 33.7 Å². The molecule has 212 valence electrons. The standard InChI is InChI=1S/C30H20F5N5OS/c31-20-1-4-22(5-2-20)40-25-12-18-8-10-39(28-38-23-13-21(32)3-6-26(23)42-28)16-29(18,14-17(25)15-37-40)27(41)24-11-19(7-9-36-24)30(33,34)35/h1-7,9,11-13,15H,8,10,14,16H2/t29-/m0/s1. The second-order valence-corrected chi connectivity index (χ2v) is 11.4. The number of pyridine rings is 1. The van der Waals surface area contributed by atoms with Crippen molar-refractivity contribution in [2.75, 3.05) is 18.0 Å². The first kappa shape index (κ1) is 26.4. The van der Waals surface area contributed by atoms with Crippen molar-refractivity contribution in [2.45, 2.75) is 19.0 Å². The molecule has 1 saturated heterocycles. The lowest BCUT2D eigenvalue weighted by atomic mass is 9.65. The van der Waals surface area contributed by atoms with Crippen LogP contribution < -0.4 is 4.90 Å². The van der Waals surface area contributed by atoms with Crippen LogP contribution in [0.2, 0.25) is 0 Å². The summed E-state index contributed by atoms with van der Waals surface area (Å²) >= 11 is 1.36. The van der Waals surface area contributed by atoms with Gasteiger partial charge < -0.3 is 4.90 Å². The Kier molecular flexibility index (Phi) is 6.01. The second kappa shape index (κ2) is 9.55. The maximum Gasteiger partial charge on any atom is 0.416 e. The minimum Gasteiger partial charge on any atom is -0.346 e. The molecule has 0 N–H and O–H groups in total. The zero-order valence-electron chi connectivity index (χ0n) is 21.7. The van der Waals surface area contributed by atoms with Crippen LogP contribution in [0.15, 0.2) is 72.6 Å². The minimum atomic E-state index is -4.64. The van der Waals surface area contributed by atoms with Gasteiger partial charge in [-0.15, -0.1) is 0 Å². The quantitative estimate of drug-likeness (QED) is 0.168. The van der Waals surface area contributed by atoms with Crippen molar-refractivity contribution in [1.29, 1.82) is 0 Å². The Hall–Kier alpha value is -4.45. The molecule has 1 fully saturated rings. The van der Waals surface area contributed by atoms with Crippen molar-refractivity contribution >= 4 is 38.5 Å². The van der Waals surface area contributed by atoms with E-state index in [-0.39, 0.29) is 24.5 Å². The molecule has 4 heterocycles. The predicted molar refractivity (Wildman–Crippen MR) is 148 cm³/mol. The number of ketones is 1. The van der Waals surface area contributed by atoms with E-state index in [4.69, 9.17) is 0 Å². The number of Topliss-reactive ketones (excluding diaryl/α,β-unsaturated/α-hetero) is 1. The van der Waals surface area contributed by atoms with E-state index in [1.165, 1.54) is 35.6 Å². The number of piperidine rings is 1. The molecule has 6 nitrogen and oxygen atoms in total. The third-order valence-corrected chi connectivity index (χ3v) is 8.95. The van der Waals surface area contributed by atoms with E-state index in [0.29, 0.717) is 29.3 Å². The Morgan fingerprint density at radius 1 is 1.00 bits per heavy atom. The monoisotopic (exact) mass is 593 g/mol. The van der Waals surface area contributed by atoms with Crippen LogP contribution >= 0.6 is 11.3 Å². The normalized spacial score (nSPS) is 18.5. The molecule has 1 atom stereocenters. The molecule has 0 unspecified atom stereocenters. The van der Waals surface area contributed by atoms with Crippen LogP contribution in [-0.4, -0.2) is 38.6 Å². The van der Waals surface area contributed by atoms with E-state index in [0.717, 1.165) is 39.9 Å². The van der Waals surface area contributed by atoms with Gasteiger partial charge in [-0.1, -0.05) is 16.9 Å². The number of hydrogen-bond acceptors (Lipinski definition) is 6. The summed E-state index contributed by atoms with van der Waals surface area (Å²) in [5.41, 5.74) is 0.823. The van der Waals surface area contributed by atoms with Crippen LogP contribution in [0, 0.1) is 17.0 Å². The molecule has 0 bridgehead atoms. The summed E-state index contributed by atoms with van der Waals surface area (Å²) in [6.07, 6.45) is 0.440. The largest absolute Gasteiger partial charge is 0.416 e. The van der Waals surface area contributed by atoms with Gasteiger partial charge in [0.05, 0.1) is 38.8 Å². The summed E-state index contributed by atoms with van der Waals surface area (Å²) in [5, 5.41) is 5.08. The molecular weight excluding hydrogens is 573 g/mol. The van der Waals surface area contributed by atoms with E-state index in [1.54, 1.807) is 29.1 Å². The molecule has 3 aromatic heterocycles. The summed E-state index contributed by atoms with van der Waals surface area (Å²) in [6.45, 7) is 0.623. The zero-order chi connectivity index (χ0) is 29.2. The predicted octanol–water partition coefficient (Wildman–Crippen LogP) is 6.89. The molecular formula is C30H20F5N5OS. The molecule has 42 heavy (non-hydrogen) atoms. The number of rotatable bonds is 4. The van der Waals surface area contributed by atoms with E-state index in [2.05, 4.69) is 15.1 Å². The number of hydrogen-bond donors (Lipinski definition) is 0. The number of nitrogens with zero attached hydrogens (tertiary/aromatic N) is 5. The fourth-order valence-electron chi connectivity index (χ4n) is 5.80. The van der Waals surface area contributed by atoms with Gasteiger partial charge in [0.15, 0.2) is 10.9 Å². The number of aromatic nitrogens is 4. The lowest BCUT2D eigenvalue weighted by Crippen LogP contribution is -2.52. The number of carbonyl (C=O) groups excluding carboxylic acids is 1. The fourth-order valence-corrected chi connectivity index (χ4v) is 6.77. The Morgan fingerprint density at radius 3 is 2.57 bits per heavy atom. The van der Waals surface area contributed by atoms with Gasteiger partial charge in [0, 0.05) is 25.4 Å². The maximum absolute atomic E-state index is 14.3. The Bertz CT molecular complexity index is 1890. The van der Waals surface area contributed by atoms with Crippen LogP contribution in [-0.2, 0) is 12.6 Å². The molecule has 5 aromatic rings. The summed E-state index contributed by atoms with van der Waals surface area (Å²) < 4.78 is 70.6. The fraction of sp³-hybridized carbons (Fsp3) is 0.200. The van der Waals surface area contributed by atoms with Crippen molar-refractivity contribution in [2.24, 2.45) is 5.41 Å². The lowest BCUT2D eigenvalue weighted by molar-refractivity contribution is -0.137. The smallest absolute Gasteiger partial charge is 0.346 e. The zero-order valence-corrected chi connectivity index (χ0v) is 22.5. The highest BCUT2D eigenvalue weighted by Gasteiger charge is 2.50. The third-order valence-electron chi connectivity index (χ3n) is 7.85. The first-order valence-corrected chi connectivity index (χ1v) is 13.9. The van der Waals surface area contributed by atoms with Gasteiger partial charge >= 0.3 is 6.18 Å². The van der Waals surface area contributed by atoms with E-state index >= 15 is 0 Å². The molecule has 0 amide bonds. The average molecular weight is 594 g/mol. The topological polar surface area (TPSA) is 63.9 Å². The summed E-state index contributed by atoms with van der Waals surface area (Å²) in [4.78, 5) is 24.9. The molecule has 0 saturated carbocycles. The van der Waals surface area contributed by atoms with Crippen molar-refractivity contribution in [3.63, 3.8) is 0 Å². The van der Waals surface area contributed by atoms with Gasteiger partial charge in [-0.05, 0) is 73.0 Å². The average Bonchev–Trinajstić information content (AvgIpc) is 3.59. The molecule has 12 heteroatoms. The highest BCUT2D eigenvalue weighted by atomic mass is 32.1. The minimum absolute atomic E-state index is 0.138. The first-order valence-electron chi connectivity index (χ1n) is 13.0. The van der Waals surface area contributed by atoms with E-state index < -0.39 is 28.8 Å². The van der Waals surface area contributed by atoms with Gasteiger partial charge in [0.25, 0.3) is 0 Å². The van der Waals surface area contributed by atoms with Gasteiger partial charge in [-0.2, -0.15) is 18.3 Å². The number of carbonyl (C=O) groups is 1. The Morgan fingerprint density at radius 2 is 1.79 bits per heavy atom. The van der Waals surface area contributed by atoms with Crippen molar-refractivity contribution < 1.29 is 26.7 Å². The van der Waals surface area contributed by atoms with Crippen molar-refractivity contribution in [3.05, 3.63) is 107 Å². The third kappa shape index (κ3) is 4.37. The molecule has 7 rings (SSSR count). The maximum atomic E-state index is 14.3. The van der Waals surface area contributed by atoms with E-state index in [1.807, 2.05) is 11.0 Å². The molecule has 2 aliphatic rings. The number of thiazole rings is 1. The van der Waals surface area contributed by atoms with Crippen LogP contribution in [0.3, 0.4) is 0 Å². The van der Waals surface area contributed by atoms with Crippen LogP contribution in [0.5, 0.6) is 0 Å². The van der Waals surface area contributed by atoms with Gasteiger partial charge in [0.1, 0.15) is 17.3 Å². The SMILES string of the molecule is O=C(c1cc(C(F)(F)F)ccn1)[C@]12Cc3cnn(-c4ccc(F)cc4)c3C=C1CCN(c1nc3cc(F)ccc3s1)C2. The number of fused-ring (bicyclic) bond motifs is 3. The number of anilines is 1. The highest BCUT2D eigenvalue weighted by molar-refractivity contribution is 7.22. The Balaban J connectivity index is 1.33. The summed E-state index contributed by atoms with van der Waals surface area (Å²) in [5.74, 6) is -1.33. The van der Waals surface area contributed by atoms with E-state index in [9.17, 15) is 26.7 Å². The number of halogens is 5. The molecule has 1 aliphatic carbocycles. The Labute approximate surface area is 239 Å². The summed E-state index contributed by atoms with van der Waals surface area (Å²) in [6, 6.07) is 11.8. The first-order chi connectivity index (χ1) is 20.1. The molecule has 0 radical (unpaired) electrons. The molecule has 2 aromatic carbocycles. The van der Waals surface area contributed by atoms with Crippen molar-refractivity contribution in [3.8, 4) is 5.69 Å². The summed E-state index contributed by atoms with van der Waals surface area (Å²) in [7, 11) is 0. The molecule has 1 aliphatic heterocycles. The molecule has 0 spiro atoms. The van der Waals surface area contributed by atoms with Gasteiger partial charge in [-0.25, -0.2) is 18.4 Å². The number of benzene rings is 2. The highest BCUT2D eigenvalue weighted by Crippen LogP contribution is 2.48. The lowest BCUT2D eigenvalue weighted by Gasteiger charge is -2.45. The van der Waals surface area contributed by atoms with Gasteiger partial charge in [0.2, 0.25) is 0 Å². The van der Waals surface area contributed by atoms with Crippen LogP contribution in [0.4, 0.5) is 27.1 Å². The van der Waals surface area contributed by atoms with Crippen LogP contribution in [0.25, 0.3) is 22.0 Å². The van der Waals surface area contributed by atoms with Crippen molar-refractivity contribution in [1.82, 2.24) is 19.7 Å². The second-order valence-electron chi connectivity index (χ2n) is 10.4. The number of alkyl halides is 3. The van der Waals surface area contributed by atoms with Gasteiger partial charge in [-0.3, -0.25) is 9.78 Å².